The number of aryl methyl sites for hydroxylation is 1. The number of carbonyl (C=O) groups is 2. The standard InChI is InChI=1S/C23H20F3NO2/c1-14-7-2-5-10-18(14)27-19-11-6-12-20(28)22(19)16(13-21(27)29)15-8-3-4-9-17(15)23(24,25)26/h2-5,7-10,16H,6,11-13H2,1H3. The van der Waals surface area contributed by atoms with Crippen LogP contribution in [0, 0.1) is 6.92 Å². The summed E-state index contributed by atoms with van der Waals surface area (Å²) in [5.41, 5.74) is 1.68. The Morgan fingerprint density at radius 1 is 0.966 bits per heavy atom. The number of para-hydroxylation sites is 1. The highest BCUT2D eigenvalue weighted by Gasteiger charge is 2.43. The van der Waals surface area contributed by atoms with Gasteiger partial charge in [-0.25, -0.2) is 0 Å². The number of anilines is 1. The molecule has 1 aliphatic carbocycles. The van der Waals surface area contributed by atoms with Gasteiger partial charge in [-0.1, -0.05) is 36.4 Å². The van der Waals surface area contributed by atoms with E-state index in [1.54, 1.807) is 11.0 Å². The molecule has 0 saturated carbocycles. The molecule has 1 unspecified atom stereocenters. The van der Waals surface area contributed by atoms with Gasteiger partial charge in [-0.2, -0.15) is 13.2 Å². The van der Waals surface area contributed by atoms with Crippen molar-refractivity contribution in [3.63, 3.8) is 0 Å². The summed E-state index contributed by atoms with van der Waals surface area (Å²) >= 11 is 0. The Morgan fingerprint density at radius 2 is 1.66 bits per heavy atom. The van der Waals surface area contributed by atoms with Crippen LogP contribution in [0.25, 0.3) is 0 Å². The van der Waals surface area contributed by atoms with Crippen molar-refractivity contribution in [1.82, 2.24) is 0 Å². The zero-order valence-electron chi connectivity index (χ0n) is 15.9. The van der Waals surface area contributed by atoms with Crippen molar-refractivity contribution in [2.45, 2.75) is 44.7 Å². The number of benzene rings is 2. The Labute approximate surface area is 166 Å². The SMILES string of the molecule is Cc1ccccc1N1C(=O)CC(c2ccccc2C(F)(F)F)C2=C1CCCC2=O. The number of carbonyl (C=O) groups excluding carboxylic acids is 2. The molecule has 29 heavy (non-hydrogen) atoms. The summed E-state index contributed by atoms with van der Waals surface area (Å²) in [5, 5.41) is 0. The highest BCUT2D eigenvalue weighted by molar-refractivity contribution is 6.07. The lowest BCUT2D eigenvalue weighted by Crippen LogP contribution is -2.41. The number of hydrogen-bond acceptors (Lipinski definition) is 2. The normalized spacial score (nSPS) is 20.1. The summed E-state index contributed by atoms with van der Waals surface area (Å²) < 4.78 is 40.9. The molecule has 150 valence electrons. The van der Waals surface area contributed by atoms with E-state index in [1.807, 2.05) is 25.1 Å². The Bertz CT molecular complexity index is 1020. The number of alkyl halides is 3. The van der Waals surface area contributed by atoms with Crippen LogP contribution in [0.15, 0.2) is 59.8 Å². The van der Waals surface area contributed by atoms with Gasteiger partial charge >= 0.3 is 6.18 Å². The molecule has 3 nitrogen and oxygen atoms in total. The number of hydrogen-bond donors (Lipinski definition) is 0. The minimum atomic E-state index is -4.55. The Balaban J connectivity index is 1.92. The first-order valence-electron chi connectivity index (χ1n) is 9.60. The highest BCUT2D eigenvalue weighted by atomic mass is 19.4. The molecule has 0 aromatic heterocycles. The van der Waals surface area contributed by atoms with Crippen LogP contribution in [-0.2, 0) is 15.8 Å². The van der Waals surface area contributed by atoms with Gasteiger partial charge in [-0.15, -0.1) is 0 Å². The van der Waals surface area contributed by atoms with E-state index in [-0.39, 0.29) is 23.7 Å². The Kier molecular flexibility index (Phi) is 4.81. The molecule has 0 fully saturated rings. The molecule has 2 aromatic carbocycles. The maximum Gasteiger partial charge on any atom is 0.416 e. The van der Waals surface area contributed by atoms with E-state index < -0.39 is 17.7 Å². The van der Waals surface area contributed by atoms with Crippen LogP contribution in [0.5, 0.6) is 0 Å². The van der Waals surface area contributed by atoms with Gasteiger partial charge in [0.2, 0.25) is 5.91 Å². The van der Waals surface area contributed by atoms with Crippen LogP contribution in [0.3, 0.4) is 0 Å². The fraction of sp³-hybridized carbons (Fsp3) is 0.304. The second-order valence-electron chi connectivity index (χ2n) is 7.49. The molecule has 0 spiro atoms. The fourth-order valence-corrected chi connectivity index (χ4v) is 4.41. The topological polar surface area (TPSA) is 37.4 Å². The van der Waals surface area contributed by atoms with Crippen LogP contribution in [0.2, 0.25) is 0 Å². The maximum atomic E-state index is 13.6. The van der Waals surface area contributed by atoms with Gasteiger partial charge in [0.05, 0.1) is 11.3 Å². The van der Waals surface area contributed by atoms with Gasteiger partial charge in [0.1, 0.15) is 0 Å². The predicted molar refractivity (Wildman–Crippen MR) is 103 cm³/mol. The maximum absolute atomic E-state index is 13.6. The van der Waals surface area contributed by atoms with E-state index in [0.717, 1.165) is 11.6 Å². The summed E-state index contributed by atoms with van der Waals surface area (Å²) in [6, 6.07) is 12.6. The first kappa shape index (κ1) is 19.4. The average Bonchev–Trinajstić information content (AvgIpc) is 2.68. The van der Waals surface area contributed by atoms with Crippen molar-refractivity contribution in [2.75, 3.05) is 4.90 Å². The Hall–Kier alpha value is -2.89. The van der Waals surface area contributed by atoms with Crippen LogP contribution < -0.4 is 4.90 Å². The minimum Gasteiger partial charge on any atom is -0.294 e. The van der Waals surface area contributed by atoms with E-state index in [0.29, 0.717) is 36.2 Å². The minimum absolute atomic E-state index is 0.000494. The number of rotatable bonds is 2. The van der Waals surface area contributed by atoms with Gasteiger partial charge in [0.15, 0.2) is 5.78 Å². The lowest BCUT2D eigenvalue weighted by atomic mass is 9.75. The third-order valence-corrected chi connectivity index (χ3v) is 5.67. The van der Waals surface area contributed by atoms with E-state index in [2.05, 4.69) is 0 Å². The van der Waals surface area contributed by atoms with Crippen molar-refractivity contribution in [1.29, 1.82) is 0 Å². The summed E-state index contributed by atoms with van der Waals surface area (Å²) in [5.74, 6) is -1.32. The van der Waals surface area contributed by atoms with Crippen molar-refractivity contribution < 1.29 is 22.8 Å². The molecular formula is C23H20F3NO2. The van der Waals surface area contributed by atoms with Crippen molar-refractivity contribution in [3.8, 4) is 0 Å². The van der Waals surface area contributed by atoms with Crippen LogP contribution in [-0.4, -0.2) is 11.7 Å². The first-order chi connectivity index (χ1) is 13.8. The first-order valence-corrected chi connectivity index (χ1v) is 9.60. The molecule has 2 aromatic rings. The summed E-state index contributed by atoms with van der Waals surface area (Å²) in [7, 11) is 0. The molecule has 4 rings (SSSR count). The van der Waals surface area contributed by atoms with Gasteiger partial charge in [-0.05, 0) is 43.0 Å². The summed E-state index contributed by atoms with van der Waals surface area (Å²) in [6.07, 6.45) is -3.34. The quantitative estimate of drug-likeness (QED) is 0.665. The third-order valence-electron chi connectivity index (χ3n) is 5.67. The lowest BCUT2D eigenvalue weighted by molar-refractivity contribution is -0.138. The summed E-state index contributed by atoms with van der Waals surface area (Å²) in [6.45, 7) is 1.87. The molecule has 6 heteroatoms. The van der Waals surface area contributed by atoms with Gasteiger partial charge in [-0.3, -0.25) is 14.5 Å². The van der Waals surface area contributed by atoms with E-state index in [1.165, 1.54) is 18.2 Å². The molecule has 0 N–H and O–H groups in total. The number of ketones is 1. The molecule has 1 atom stereocenters. The lowest BCUT2D eigenvalue weighted by Gasteiger charge is -2.39. The van der Waals surface area contributed by atoms with Crippen molar-refractivity contribution in [2.24, 2.45) is 0 Å². The van der Waals surface area contributed by atoms with Crippen molar-refractivity contribution in [3.05, 3.63) is 76.5 Å². The Morgan fingerprint density at radius 3 is 2.38 bits per heavy atom. The second kappa shape index (κ2) is 7.17. The highest BCUT2D eigenvalue weighted by Crippen LogP contribution is 2.46. The molecule has 2 aliphatic rings. The molecule has 0 bridgehead atoms. The van der Waals surface area contributed by atoms with Gasteiger partial charge < -0.3 is 0 Å². The number of allylic oxidation sites excluding steroid dienone is 2. The molecular weight excluding hydrogens is 379 g/mol. The molecule has 0 radical (unpaired) electrons. The molecule has 1 heterocycles. The van der Waals surface area contributed by atoms with Gasteiger partial charge in [0.25, 0.3) is 0 Å². The van der Waals surface area contributed by atoms with Crippen molar-refractivity contribution >= 4 is 17.4 Å². The zero-order chi connectivity index (χ0) is 20.8. The monoisotopic (exact) mass is 399 g/mol. The average molecular weight is 399 g/mol. The second-order valence-corrected chi connectivity index (χ2v) is 7.49. The van der Waals surface area contributed by atoms with Crippen LogP contribution in [0.1, 0.15) is 48.3 Å². The van der Waals surface area contributed by atoms with E-state index in [4.69, 9.17) is 0 Å². The molecule has 1 aliphatic heterocycles. The number of nitrogens with zero attached hydrogens (tertiary/aromatic N) is 1. The largest absolute Gasteiger partial charge is 0.416 e. The molecule has 0 saturated heterocycles. The smallest absolute Gasteiger partial charge is 0.294 e. The molecule has 1 amide bonds. The van der Waals surface area contributed by atoms with Crippen LogP contribution in [0.4, 0.5) is 18.9 Å². The van der Waals surface area contributed by atoms with E-state index >= 15 is 0 Å². The zero-order valence-corrected chi connectivity index (χ0v) is 15.9. The fourth-order valence-electron chi connectivity index (χ4n) is 4.41. The number of Topliss-reactive ketones (excluding diaryl/α,β-unsaturated/α-hetero) is 1. The number of halogens is 3. The summed E-state index contributed by atoms with van der Waals surface area (Å²) in [4.78, 5) is 27.6. The van der Waals surface area contributed by atoms with Gasteiger partial charge in [0, 0.05) is 30.0 Å². The van der Waals surface area contributed by atoms with E-state index in [9.17, 15) is 22.8 Å². The van der Waals surface area contributed by atoms with Crippen LogP contribution >= 0.6 is 0 Å². The third kappa shape index (κ3) is 3.37. The number of amides is 1. The predicted octanol–water partition coefficient (Wildman–Crippen LogP) is 5.54.